The first-order chi connectivity index (χ1) is 8.92. The fourth-order valence-corrected chi connectivity index (χ4v) is 2.36. The fraction of sp³-hybridized carbons (Fsp3) is 0.231. The van der Waals surface area contributed by atoms with Gasteiger partial charge in [0.25, 0.3) is 0 Å². The number of aromatic nitrogens is 1. The van der Waals surface area contributed by atoms with Gasteiger partial charge in [-0.15, -0.1) is 11.6 Å². The predicted molar refractivity (Wildman–Crippen MR) is 68.3 cm³/mol. The summed E-state index contributed by atoms with van der Waals surface area (Å²) >= 11 is 6.17. The van der Waals surface area contributed by atoms with Crippen molar-refractivity contribution in [3.63, 3.8) is 0 Å². The second-order valence-corrected chi connectivity index (χ2v) is 5.40. The van der Waals surface area contributed by atoms with Crippen LogP contribution in [0.1, 0.15) is 28.8 Å². The Hall–Kier alpha value is -1.88. The van der Waals surface area contributed by atoms with Crippen LogP contribution in [0.5, 0.6) is 0 Å². The summed E-state index contributed by atoms with van der Waals surface area (Å²) in [5, 5.41) is 8.87. The van der Waals surface area contributed by atoms with Gasteiger partial charge in [0.1, 0.15) is 11.4 Å². The molecule has 1 fully saturated rings. The van der Waals surface area contributed by atoms with E-state index >= 15 is 0 Å². The van der Waals surface area contributed by atoms with Gasteiger partial charge in [-0.2, -0.15) is 0 Å². The molecule has 1 saturated carbocycles. The summed E-state index contributed by atoms with van der Waals surface area (Å²) in [5.74, 6) is -1.92. The molecule has 3 rings (SSSR count). The van der Waals surface area contributed by atoms with Crippen molar-refractivity contribution in [1.82, 2.24) is 4.98 Å². The minimum Gasteiger partial charge on any atom is -0.477 e. The van der Waals surface area contributed by atoms with Gasteiger partial charge in [0.15, 0.2) is 0 Å². The van der Waals surface area contributed by atoms with E-state index in [9.17, 15) is 14.0 Å². The molecule has 0 unspecified atom stereocenters. The summed E-state index contributed by atoms with van der Waals surface area (Å²) in [7, 11) is 0. The quantitative estimate of drug-likeness (QED) is 0.831. The normalized spacial score (nSPS) is 16.5. The number of pyridine rings is 1. The highest BCUT2D eigenvalue weighted by molar-refractivity contribution is 6.26. The molecular weight excluding hydrogens is 273 g/mol. The highest BCUT2D eigenvalue weighted by Crippen LogP contribution is 2.53. The Morgan fingerprint density at radius 1 is 1.42 bits per heavy atom. The van der Waals surface area contributed by atoms with Crippen LogP contribution in [0, 0.1) is 5.82 Å². The SMILES string of the molecule is O=C(O)c1c[nH]c2cc(C3(Cl)CC3)c(F)cc2c1=O. The monoisotopic (exact) mass is 281 g/mol. The standard InChI is InChI=1S/C13H9ClFNO3/c14-13(1-2-13)8-4-10-6(3-9(8)15)11(17)7(5-16-10)12(18)19/h3-5H,1-2H2,(H,16,17)(H,18,19). The summed E-state index contributed by atoms with van der Waals surface area (Å²) in [5.41, 5.74) is -0.378. The zero-order valence-electron chi connectivity index (χ0n) is 9.67. The van der Waals surface area contributed by atoms with E-state index in [1.165, 1.54) is 6.07 Å². The lowest BCUT2D eigenvalue weighted by Crippen LogP contribution is -2.16. The summed E-state index contributed by atoms with van der Waals surface area (Å²) in [6.07, 6.45) is 2.49. The molecule has 6 heteroatoms. The van der Waals surface area contributed by atoms with Gasteiger partial charge in [-0.25, -0.2) is 9.18 Å². The number of aromatic carboxylic acids is 1. The van der Waals surface area contributed by atoms with Crippen molar-refractivity contribution in [1.29, 1.82) is 0 Å². The van der Waals surface area contributed by atoms with Crippen molar-refractivity contribution < 1.29 is 14.3 Å². The number of rotatable bonds is 2. The largest absolute Gasteiger partial charge is 0.477 e. The average molecular weight is 282 g/mol. The lowest BCUT2D eigenvalue weighted by molar-refractivity contribution is 0.0695. The molecule has 98 valence electrons. The van der Waals surface area contributed by atoms with E-state index in [0.717, 1.165) is 12.3 Å². The maximum atomic E-state index is 14.0. The summed E-state index contributed by atoms with van der Waals surface area (Å²) in [4.78, 5) is 24.8. The van der Waals surface area contributed by atoms with E-state index in [4.69, 9.17) is 16.7 Å². The van der Waals surface area contributed by atoms with Gasteiger partial charge >= 0.3 is 5.97 Å². The molecule has 19 heavy (non-hydrogen) atoms. The molecule has 1 heterocycles. The maximum Gasteiger partial charge on any atom is 0.341 e. The zero-order valence-corrected chi connectivity index (χ0v) is 10.4. The van der Waals surface area contributed by atoms with Gasteiger partial charge in [-0.05, 0) is 25.0 Å². The molecule has 0 spiro atoms. The number of carboxylic acid groups (broad SMARTS) is 1. The van der Waals surface area contributed by atoms with Crippen molar-refractivity contribution >= 4 is 28.5 Å². The van der Waals surface area contributed by atoms with Crippen molar-refractivity contribution in [3.8, 4) is 0 Å². The molecule has 0 radical (unpaired) electrons. The Bertz CT molecular complexity index is 764. The zero-order chi connectivity index (χ0) is 13.8. The van der Waals surface area contributed by atoms with E-state index in [-0.39, 0.29) is 5.39 Å². The summed E-state index contributed by atoms with van der Waals surface area (Å²) in [6, 6.07) is 2.54. The number of benzene rings is 1. The molecule has 4 nitrogen and oxygen atoms in total. The molecule has 1 aliphatic carbocycles. The molecule has 1 aromatic carbocycles. The van der Waals surface area contributed by atoms with Gasteiger partial charge in [0.2, 0.25) is 5.43 Å². The number of nitrogens with one attached hydrogen (secondary N) is 1. The van der Waals surface area contributed by atoms with Crippen LogP contribution in [0.2, 0.25) is 0 Å². The third-order valence-corrected chi connectivity index (χ3v) is 3.95. The minimum atomic E-state index is -1.34. The predicted octanol–water partition coefficient (Wildman–Crippen LogP) is 2.59. The molecule has 0 atom stereocenters. The van der Waals surface area contributed by atoms with Crippen LogP contribution in [-0.4, -0.2) is 16.1 Å². The van der Waals surface area contributed by atoms with Gasteiger partial charge < -0.3 is 10.1 Å². The number of fused-ring (bicyclic) bond motifs is 1. The Kier molecular flexibility index (Phi) is 2.44. The van der Waals surface area contributed by atoms with E-state index < -0.39 is 27.7 Å². The summed E-state index contributed by atoms with van der Waals surface area (Å²) in [6.45, 7) is 0. The number of hydrogen-bond acceptors (Lipinski definition) is 2. The first kappa shape index (κ1) is 12.2. The van der Waals surface area contributed by atoms with Crippen LogP contribution >= 0.6 is 11.6 Å². The molecule has 0 aliphatic heterocycles. The molecule has 0 saturated heterocycles. The molecule has 2 N–H and O–H groups in total. The third kappa shape index (κ3) is 1.81. The van der Waals surface area contributed by atoms with Gasteiger partial charge in [-0.3, -0.25) is 4.79 Å². The first-order valence-electron chi connectivity index (χ1n) is 5.70. The van der Waals surface area contributed by atoms with Gasteiger partial charge in [-0.1, -0.05) is 0 Å². The van der Waals surface area contributed by atoms with Crippen LogP contribution in [-0.2, 0) is 4.87 Å². The highest BCUT2D eigenvalue weighted by atomic mass is 35.5. The van der Waals surface area contributed by atoms with E-state index in [1.54, 1.807) is 0 Å². The van der Waals surface area contributed by atoms with E-state index in [2.05, 4.69) is 4.98 Å². The van der Waals surface area contributed by atoms with Crippen LogP contribution in [0.3, 0.4) is 0 Å². The smallest absolute Gasteiger partial charge is 0.341 e. The molecule has 1 aromatic heterocycles. The van der Waals surface area contributed by atoms with Crippen molar-refractivity contribution in [3.05, 3.63) is 45.5 Å². The Labute approximate surface area is 111 Å². The lowest BCUT2D eigenvalue weighted by atomic mass is 10.0. The number of aromatic amines is 1. The Morgan fingerprint density at radius 3 is 2.68 bits per heavy atom. The molecule has 0 bridgehead atoms. The topological polar surface area (TPSA) is 70.2 Å². The highest BCUT2D eigenvalue weighted by Gasteiger charge is 2.44. The van der Waals surface area contributed by atoms with E-state index in [1.807, 2.05) is 0 Å². The fourth-order valence-electron chi connectivity index (χ4n) is 2.12. The summed E-state index contributed by atoms with van der Waals surface area (Å²) < 4.78 is 14.0. The van der Waals surface area contributed by atoms with Crippen LogP contribution < -0.4 is 5.43 Å². The van der Waals surface area contributed by atoms with Crippen molar-refractivity contribution in [2.75, 3.05) is 0 Å². The molecule has 2 aromatic rings. The second kappa shape index (κ2) is 3.81. The number of halogens is 2. The molecule has 1 aliphatic rings. The first-order valence-corrected chi connectivity index (χ1v) is 6.08. The number of H-pyrrole nitrogens is 1. The van der Waals surface area contributed by atoms with Crippen LogP contribution in [0.25, 0.3) is 10.9 Å². The Morgan fingerprint density at radius 2 is 2.11 bits per heavy atom. The van der Waals surface area contributed by atoms with Crippen molar-refractivity contribution in [2.45, 2.75) is 17.7 Å². The average Bonchev–Trinajstić information content (AvgIpc) is 3.08. The van der Waals surface area contributed by atoms with Crippen LogP contribution in [0.4, 0.5) is 4.39 Å². The van der Waals surface area contributed by atoms with Gasteiger partial charge in [0, 0.05) is 22.7 Å². The number of carboxylic acids is 1. The van der Waals surface area contributed by atoms with Crippen LogP contribution in [0.15, 0.2) is 23.1 Å². The molecule has 0 amide bonds. The van der Waals surface area contributed by atoms with Crippen molar-refractivity contribution in [2.24, 2.45) is 0 Å². The van der Waals surface area contributed by atoms with Gasteiger partial charge in [0.05, 0.1) is 4.87 Å². The van der Waals surface area contributed by atoms with E-state index in [0.29, 0.717) is 23.9 Å². The lowest BCUT2D eigenvalue weighted by Gasteiger charge is -2.10. The molecular formula is C13H9ClFNO3. The number of hydrogen-bond donors (Lipinski definition) is 2. The number of carbonyl (C=O) groups is 1. The number of alkyl halides is 1. The third-order valence-electron chi connectivity index (χ3n) is 3.37. The minimum absolute atomic E-state index is 0.0158. The second-order valence-electron chi connectivity index (χ2n) is 4.68. The Balaban J connectivity index is 2.30. The maximum absolute atomic E-state index is 14.0.